The maximum Gasteiger partial charge on any atom is 0.325 e. The number of ether oxygens (including phenoxy) is 1. The van der Waals surface area contributed by atoms with Crippen molar-refractivity contribution in [1.82, 2.24) is 14.8 Å². The summed E-state index contributed by atoms with van der Waals surface area (Å²) < 4.78 is 6.36. The molecule has 0 fully saturated rings. The van der Waals surface area contributed by atoms with Crippen LogP contribution >= 0.6 is 11.3 Å². The first kappa shape index (κ1) is 9.85. The van der Waals surface area contributed by atoms with Gasteiger partial charge in [-0.1, -0.05) is 17.4 Å². The van der Waals surface area contributed by atoms with E-state index < -0.39 is 0 Å². The number of hydrogen-bond donors (Lipinski definition) is 0. The third-order valence-corrected chi connectivity index (χ3v) is 2.46. The second-order valence-corrected chi connectivity index (χ2v) is 3.63. The Morgan fingerprint density at radius 2 is 2.40 bits per heavy atom. The van der Waals surface area contributed by atoms with Crippen molar-refractivity contribution in [3.05, 3.63) is 39.1 Å². The molecule has 0 N–H and O–H groups in total. The van der Waals surface area contributed by atoms with Gasteiger partial charge in [0, 0.05) is 6.07 Å². The maximum absolute atomic E-state index is 11.2. The van der Waals surface area contributed by atoms with Gasteiger partial charge in [-0.3, -0.25) is 4.79 Å². The standard InChI is InChI=1S/C9H9N3O2S/c1-14-8-4-2-3-7(11-8)5-12-9(13)15-6-10-12/h2-4,6H,5H2,1H3. The van der Waals surface area contributed by atoms with Crippen molar-refractivity contribution in [3.63, 3.8) is 0 Å². The zero-order valence-corrected chi connectivity index (χ0v) is 8.90. The van der Waals surface area contributed by atoms with Crippen LogP contribution in [0.5, 0.6) is 5.88 Å². The van der Waals surface area contributed by atoms with E-state index in [1.54, 1.807) is 13.2 Å². The van der Waals surface area contributed by atoms with Crippen LogP contribution < -0.4 is 9.61 Å². The average Bonchev–Trinajstić information content (AvgIpc) is 2.65. The molecule has 0 saturated heterocycles. The SMILES string of the molecule is COc1cccc(Cn2ncsc2=O)n1. The van der Waals surface area contributed by atoms with Crippen LogP contribution in [0, 0.1) is 0 Å². The zero-order valence-electron chi connectivity index (χ0n) is 8.08. The van der Waals surface area contributed by atoms with Crippen molar-refractivity contribution >= 4 is 11.3 Å². The number of pyridine rings is 1. The average molecular weight is 223 g/mol. The second-order valence-electron chi connectivity index (χ2n) is 2.83. The molecule has 0 aliphatic carbocycles. The van der Waals surface area contributed by atoms with Crippen molar-refractivity contribution in [2.45, 2.75) is 6.54 Å². The molecule has 0 aliphatic heterocycles. The predicted octanol–water partition coefficient (Wildman–Crippen LogP) is 0.757. The van der Waals surface area contributed by atoms with Crippen molar-refractivity contribution in [3.8, 4) is 5.88 Å². The molecule has 0 aromatic carbocycles. The Morgan fingerprint density at radius 1 is 1.53 bits per heavy atom. The van der Waals surface area contributed by atoms with Crippen LogP contribution in [-0.2, 0) is 6.54 Å². The number of nitrogens with zero attached hydrogens (tertiary/aromatic N) is 3. The van der Waals surface area contributed by atoms with Gasteiger partial charge in [0.25, 0.3) is 0 Å². The molecule has 0 saturated carbocycles. The fourth-order valence-corrected chi connectivity index (χ4v) is 1.64. The van der Waals surface area contributed by atoms with E-state index in [0.717, 1.165) is 17.0 Å². The van der Waals surface area contributed by atoms with Crippen molar-refractivity contribution in [2.75, 3.05) is 7.11 Å². The lowest BCUT2D eigenvalue weighted by atomic mass is 10.3. The van der Waals surface area contributed by atoms with Gasteiger partial charge >= 0.3 is 4.87 Å². The molecule has 0 spiro atoms. The molecule has 0 aliphatic rings. The highest BCUT2D eigenvalue weighted by molar-refractivity contribution is 7.06. The third kappa shape index (κ3) is 2.21. The molecular formula is C9H9N3O2S. The highest BCUT2D eigenvalue weighted by atomic mass is 32.1. The number of hydrogen-bond acceptors (Lipinski definition) is 5. The summed E-state index contributed by atoms with van der Waals surface area (Å²) in [5.74, 6) is 0.538. The van der Waals surface area contributed by atoms with Crippen LogP contribution in [0.25, 0.3) is 0 Å². The van der Waals surface area contributed by atoms with Gasteiger partial charge < -0.3 is 4.74 Å². The lowest BCUT2D eigenvalue weighted by Gasteiger charge is -2.02. The van der Waals surface area contributed by atoms with Crippen LogP contribution in [0.3, 0.4) is 0 Å². The first-order valence-electron chi connectivity index (χ1n) is 4.30. The molecule has 0 amide bonds. The van der Waals surface area contributed by atoms with E-state index in [1.165, 1.54) is 10.2 Å². The molecular weight excluding hydrogens is 214 g/mol. The minimum absolute atomic E-state index is 0.0837. The van der Waals surface area contributed by atoms with Gasteiger partial charge in [-0.15, -0.1) is 0 Å². The Morgan fingerprint density at radius 3 is 3.07 bits per heavy atom. The Labute approximate surface area is 90.0 Å². The highest BCUT2D eigenvalue weighted by Crippen LogP contribution is 2.06. The topological polar surface area (TPSA) is 57.0 Å². The summed E-state index contributed by atoms with van der Waals surface area (Å²) in [6, 6.07) is 5.42. The Hall–Kier alpha value is -1.69. The van der Waals surface area contributed by atoms with Crippen LogP contribution in [0.4, 0.5) is 0 Å². The van der Waals surface area contributed by atoms with Gasteiger partial charge in [-0.2, -0.15) is 5.10 Å². The van der Waals surface area contributed by atoms with Crippen molar-refractivity contribution in [1.29, 1.82) is 0 Å². The Balaban J connectivity index is 2.24. The second kappa shape index (κ2) is 4.22. The van der Waals surface area contributed by atoms with Gasteiger partial charge in [0.15, 0.2) is 0 Å². The summed E-state index contributed by atoms with van der Waals surface area (Å²) in [4.78, 5) is 15.3. The van der Waals surface area contributed by atoms with Crippen molar-refractivity contribution in [2.24, 2.45) is 0 Å². The van der Waals surface area contributed by atoms with E-state index in [0.29, 0.717) is 12.4 Å². The lowest BCUT2D eigenvalue weighted by Crippen LogP contribution is -2.16. The Bertz CT molecular complexity index is 506. The van der Waals surface area contributed by atoms with Gasteiger partial charge in [-0.25, -0.2) is 9.67 Å². The molecule has 78 valence electrons. The van der Waals surface area contributed by atoms with E-state index in [4.69, 9.17) is 4.74 Å². The maximum atomic E-state index is 11.2. The molecule has 5 nitrogen and oxygen atoms in total. The fraction of sp³-hybridized carbons (Fsp3) is 0.222. The van der Waals surface area contributed by atoms with Crippen LogP contribution in [0.1, 0.15) is 5.69 Å². The van der Waals surface area contributed by atoms with Crippen molar-refractivity contribution < 1.29 is 4.74 Å². The monoisotopic (exact) mass is 223 g/mol. The molecule has 0 atom stereocenters. The molecule has 6 heteroatoms. The van der Waals surface area contributed by atoms with E-state index in [-0.39, 0.29) is 4.87 Å². The Kier molecular flexibility index (Phi) is 2.77. The van der Waals surface area contributed by atoms with E-state index in [1.807, 2.05) is 12.1 Å². The quantitative estimate of drug-likeness (QED) is 0.770. The minimum atomic E-state index is -0.0837. The summed E-state index contributed by atoms with van der Waals surface area (Å²) >= 11 is 1.07. The fourth-order valence-electron chi connectivity index (χ4n) is 1.15. The first-order valence-corrected chi connectivity index (χ1v) is 5.18. The van der Waals surface area contributed by atoms with Gasteiger partial charge in [0.05, 0.1) is 19.3 Å². The molecule has 2 heterocycles. The number of aromatic nitrogens is 3. The molecule has 15 heavy (non-hydrogen) atoms. The van der Waals surface area contributed by atoms with E-state index >= 15 is 0 Å². The lowest BCUT2D eigenvalue weighted by molar-refractivity contribution is 0.395. The molecule has 0 radical (unpaired) electrons. The largest absolute Gasteiger partial charge is 0.481 e. The number of methoxy groups -OCH3 is 1. The van der Waals surface area contributed by atoms with E-state index in [9.17, 15) is 4.79 Å². The van der Waals surface area contributed by atoms with Gasteiger partial charge in [-0.05, 0) is 6.07 Å². The summed E-state index contributed by atoms with van der Waals surface area (Å²) in [5.41, 5.74) is 2.27. The van der Waals surface area contributed by atoms with Gasteiger partial charge in [0.2, 0.25) is 5.88 Å². The smallest absolute Gasteiger partial charge is 0.325 e. The van der Waals surface area contributed by atoms with Gasteiger partial charge in [0.1, 0.15) is 5.51 Å². The number of rotatable bonds is 3. The molecule has 2 aromatic heterocycles. The third-order valence-electron chi connectivity index (χ3n) is 1.85. The molecule has 2 aromatic rings. The minimum Gasteiger partial charge on any atom is -0.481 e. The first-order chi connectivity index (χ1) is 7.29. The molecule has 0 unspecified atom stereocenters. The predicted molar refractivity (Wildman–Crippen MR) is 56.3 cm³/mol. The highest BCUT2D eigenvalue weighted by Gasteiger charge is 2.02. The summed E-state index contributed by atoms with van der Waals surface area (Å²) in [7, 11) is 1.56. The van der Waals surface area contributed by atoms with Crippen LogP contribution in [0.2, 0.25) is 0 Å². The van der Waals surface area contributed by atoms with E-state index in [2.05, 4.69) is 10.1 Å². The normalized spacial score (nSPS) is 10.2. The summed E-state index contributed by atoms with van der Waals surface area (Å²) in [6.07, 6.45) is 0. The van der Waals surface area contributed by atoms with Crippen LogP contribution in [0.15, 0.2) is 28.5 Å². The molecule has 2 rings (SSSR count). The van der Waals surface area contributed by atoms with Crippen LogP contribution in [-0.4, -0.2) is 21.9 Å². The molecule has 0 bridgehead atoms. The zero-order chi connectivity index (χ0) is 10.7. The summed E-state index contributed by atoms with van der Waals surface area (Å²) in [6.45, 7) is 0.375. The summed E-state index contributed by atoms with van der Waals surface area (Å²) in [5, 5.41) is 3.91.